The molecule has 17 heavy (non-hydrogen) atoms. The Morgan fingerprint density at radius 2 is 2.18 bits per heavy atom. The van der Waals surface area contributed by atoms with E-state index in [2.05, 4.69) is 0 Å². The van der Waals surface area contributed by atoms with Gasteiger partial charge in [0.2, 0.25) is 11.8 Å². The molecule has 0 saturated carbocycles. The maximum atomic E-state index is 12.3. The predicted molar refractivity (Wildman–Crippen MR) is 68.3 cm³/mol. The third-order valence-electron chi connectivity index (χ3n) is 3.84. The molecule has 0 radical (unpaired) electrons. The normalized spacial score (nSPS) is 36.5. The first-order chi connectivity index (χ1) is 7.84. The van der Waals surface area contributed by atoms with Crippen molar-refractivity contribution in [2.24, 2.45) is 17.1 Å². The summed E-state index contributed by atoms with van der Waals surface area (Å²) in [5, 5.41) is 0.125. The minimum Gasteiger partial charge on any atom is -0.368 e. The third-order valence-corrected chi connectivity index (χ3v) is 5.09. The van der Waals surface area contributed by atoms with E-state index in [1.54, 1.807) is 16.7 Å². The number of nitrogens with zero attached hydrogens (tertiary/aromatic N) is 1. The average molecular weight is 256 g/mol. The van der Waals surface area contributed by atoms with Crippen molar-refractivity contribution in [2.45, 2.75) is 45.0 Å². The number of carbonyl (C=O) groups excluding carboxylic acids is 2. The minimum atomic E-state index is -0.451. The van der Waals surface area contributed by atoms with E-state index in [-0.39, 0.29) is 28.5 Å². The monoisotopic (exact) mass is 256 g/mol. The summed E-state index contributed by atoms with van der Waals surface area (Å²) in [7, 11) is 0. The predicted octanol–water partition coefficient (Wildman–Crippen LogP) is 1.20. The van der Waals surface area contributed by atoms with Gasteiger partial charge in [0.15, 0.2) is 0 Å². The molecule has 2 N–H and O–H groups in total. The lowest BCUT2D eigenvalue weighted by Gasteiger charge is -2.31. The molecule has 2 rings (SSSR count). The second kappa shape index (κ2) is 4.19. The van der Waals surface area contributed by atoms with Crippen LogP contribution in [0.1, 0.15) is 33.6 Å². The molecule has 2 amide bonds. The highest BCUT2D eigenvalue weighted by Gasteiger charge is 2.52. The quantitative estimate of drug-likeness (QED) is 0.766. The minimum absolute atomic E-state index is 0.00301. The molecule has 0 aromatic heterocycles. The van der Waals surface area contributed by atoms with Gasteiger partial charge in [0.25, 0.3) is 0 Å². The van der Waals surface area contributed by atoms with Gasteiger partial charge in [0.05, 0.1) is 5.37 Å². The van der Waals surface area contributed by atoms with Crippen molar-refractivity contribution in [3.63, 3.8) is 0 Å². The highest BCUT2D eigenvalue weighted by Crippen LogP contribution is 2.46. The summed E-state index contributed by atoms with van der Waals surface area (Å²) in [5.41, 5.74) is 5.28. The molecular formula is C12H20N2O2S. The lowest BCUT2D eigenvalue weighted by atomic mass is 9.84. The number of fused-ring (bicyclic) bond motifs is 1. The maximum absolute atomic E-state index is 12.3. The van der Waals surface area contributed by atoms with Crippen LogP contribution >= 0.6 is 11.8 Å². The fourth-order valence-electron chi connectivity index (χ4n) is 2.89. The zero-order valence-electron chi connectivity index (χ0n) is 10.6. The molecule has 0 spiro atoms. The lowest BCUT2D eigenvalue weighted by Crippen LogP contribution is -2.51. The molecule has 0 aromatic carbocycles. The van der Waals surface area contributed by atoms with E-state index in [0.29, 0.717) is 0 Å². The van der Waals surface area contributed by atoms with Gasteiger partial charge >= 0.3 is 0 Å². The van der Waals surface area contributed by atoms with Gasteiger partial charge in [0.1, 0.15) is 6.04 Å². The molecule has 2 heterocycles. The van der Waals surface area contributed by atoms with Crippen LogP contribution in [0.4, 0.5) is 0 Å². The van der Waals surface area contributed by atoms with Crippen LogP contribution in [-0.4, -0.2) is 33.9 Å². The molecule has 2 aliphatic rings. The summed E-state index contributed by atoms with van der Waals surface area (Å²) in [5.74, 6) is 0.702. The number of hydrogen-bond donors (Lipinski definition) is 1. The van der Waals surface area contributed by atoms with Gasteiger partial charge in [-0.2, -0.15) is 0 Å². The number of primary amides is 1. The van der Waals surface area contributed by atoms with E-state index in [1.807, 2.05) is 20.8 Å². The van der Waals surface area contributed by atoms with Gasteiger partial charge in [-0.05, 0) is 24.0 Å². The van der Waals surface area contributed by atoms with E-state index in [0.717, 1.165) is 18.6 Å². The number of nitrogens with two attached hydrogens (primary N) is 1. The summed E-state index contributed by atoms with van der Waals surface area (Å²) in [4.78, 5) is 25.7. The van der Waals surface area contributed by atoms with E-state index >= 15 is 0 Å². The SMILES string of the molecule is C[C@H]1CCS[C@H]2CC(C)(C)[C@@H](C(N)=O)N2C1=O. The summed E-state index contributed by atoms with van der Waals surface area (Å²) >= 11 is 1.78. The van der Waals surface area contributed by atoms with Crippen molar-refractivity contribution in [3.05, 3.63) is 0 Å². The van der Waals surface area contributed by atoms with Gasteiger partial charge in [-0.25, -0.2) is 0 Å². The Labute approximate surface area is 106 Å². The van der Waals surface area contributed by atoms with Gasteiger partial charge < -0.3 is 10.6 Å². The standard InChI is InChI=1S/C12H20N2O2S/c1-7-4-5-17-8-6-12(2,3)9(10(13)15)14(8)11(7)16/h7-9H,4-6H2,1-3H3,(H2,13,15)/t7-,8-,9+/m0/s1. The first-order valence-corrected chi connectivity index (χ1v) is 7.12. The van der Waals surface area contributed by atoms with Crippen LogP contribution in [-0.2, 0) is 9.59 Å². The third kappa shape index (κ3) is 2.05. The Balaban J connectivity index is 2.37. The van der Waals surface area contributed by atoms with Crippen LogP contribution in [0.3, 0.4) is 0 Å². The van der Waals surface area contributed by atoms with Crippen molar-refractivity contribution < 1.29 is 9.59 Å². The van der Waals surface area contributed by atoms with E-state index in [1.165, 1.54) is 0 Å². The molecule has 0 aromatic rings. The molecule has 5 heteroatoms. The second-order valence-electron chi connectivity index (χ2n) is 5.76. The highest BCUT2D eigenvalue weighted by molar-refractivity contribution is 7.99. The van der Waals surface area contributed by atoms with E-state index < -0.39 is 6.04 Å². The van der Waals surface area contributed by atoms with Crippen LogP contribution in [0.15, 0.2) is 0 Å². The summed E-state index contributed by atoms with van der Waals surface area (Å²) < 4.78 is 0. The topological polar surface area (TPSA) is 63.4 Å². The molecule has 0 bridgehead atoms. The Bertz CT molecular complexity index is 356. The zero-order valence-corrected chi connectivity index (χ0v) is 11.4. The van der Waals surface area contributed by atoms with Crippen molar-refractivity contribution in [2.75, 3.05) is 5.75 Å². The maximum Gasteiger partial charge on any atom is 0.240 e. The van der Waals surface area contributed by atoms with Crippen molar-refractivity contribution in [3.8, 4) is 0 Å². The van der Waals surface area contributed by atoms with Crippen LogP contribution < -0.4 is 5.73 Å². The summed E-state index contributed by atoms with van der Waals surface area (Å²) in [6.45, 7) is 5.99. The van der Waals surface area contributed by atoms with Crippen molar-refractivity contribution >= 4 is 23.6 Å². The Kier molecular flexibility index (Phi) is 3.14. The lowest BCUT2D eigenvalue weighted by molar-refractivity contribution is -0.142. The first-order valence-electron chi connectivity index (χ1n) is 6.07. The van der Waals surface area contributed by atoms with Crippen LogP contribution in [0, 0.1) is 11.3 Å². The zero-order chi connectivity index (χ0) is 12.8. The molecule has 96 valence electrons. The average Bonchev–Trinajstić information content (AvgIpc) is 2.40. The molecule has 2 aliphatic heterocycles. The number of thioether (sulfide) groups is 1. The Morgan fingerprint density at radius 3 is 2.76 bits per heavy atom. The molecular weight excluding hydrogens is 236 g/mol. The summed E-state index contributed by atoms with van der Waals surface area (Å²) in [6, 6.07) is -0.451. The second-order valence-corrected chi connectivity index (χ2v) is 7.04. The van der Waals surface area contributed by atoms with E-state index in [9.17, 15) is 9.59 Å². The molecule has 0 unspecified atom stereocenters. The van der Waals surface area contributed by atoms with Gasteiger partial charge in [0, 0.05) is 5.92 Å². The Morgan fingerprint density at radius 1 is 1.53 bits per heavy atom. The van der Waals surface area contributed by atoms with E-state index in [4.69, 9.17) is 5.73 Å². The number of amides is 2. The molecule has 2 fully saturated rings. The van der Waals surface area contributed by atoms with Crippen molar-refractivity contribution in [1.82, 2.24) is 4.90 Å². The van der Waals surface area contributed by atoms with Crippen molar-refractivity contribution in [1.29, 1.82) is 0 Å². The van der Waals surface area contributed by atoms with Gasteiger partial charge in [-0.1, -0.05) is 20.8 Å². The Hall–Kier alpha value is -0.710. The largest absolute Gasteiger partial charge is 0.368 e. The van der Waals surface area contributed by atoms with Crippen LogP contribution in [0.5, 0.6) is 0 Å². The van der Waals surface area contributed by atoms with Gasteiger partial charge in [-0.3, -0.25) is 9.59 Å². The highest BCUT2D eigenvalue weighted by atomic mass is 32.2. The van der Waals surface area contributed by atoms with Crippen LogP contribution in [0.25, 0.3) is 0 Å². The molecule has 2 saturated heterocycles. The number of rotatable bonds is 1. The smallest absolute Gasteiger partial charge is 0.240 e. The fraction of sp³-hybridized carbons (Fsp3) is 0.833. The first kappa shape index (κ1) is 12.7. The van der Waals surface area contributed by atoms with Crippen LogP contribution in [0.2, 0.25) is 0 Å². The molecule has 0 aliphatic carbocycles. The molecule has 3 atom stereocenters. The number of carbonyl (C=O) groups is 2. The van der Waals surface area contributed by atoms with Gasteiger partial charge in [-0.15, -0.1) is 11.8 Å². The number of hydrogen-bond acceptors (Lipinski definition) is 3. The molecule has 4 nitrogen and oxygen atoms in total. The summed E-state index contributed by atoms with van der Waals surface area (Å²) in [6.07, 6.45) is 1.74. The fourth-order valence-corrected chi connectivity index (χ4v) is 4.59.